The topological polar surface area (TPSA) is 49.8 Å². The largest absolute Gasteiger partial charge is 0.421 e. The van der Waals surface area contributed by atoms with Crippen LogP contribution in [0.3, 0.4) is 0 Å². The first-order valence-electron chi connectivity index (χ1n) is 9.10. The van der Waals surface area contributed by atoms with Crippen LogP contribution in [-0.2, 0) is 6.18 Å². The minimum Gasteiger partial charge on any atom is -0.340 e. The summed E-state index contributed by atoms with van der Waals surface area (Å²) in [6.45, 7) is 4.15. The van der Waals surface area contributed by atoms with Crippen molar-refractivity contribution in [2.45, 2.75) is 32.4 Å². The van der Waals surface area contributed by atoms with Gasteiger partial charge in [0.1, 0.15) is 11.4 Å². The van der Waals surface area contributed by atoms with E-state index in [4.69, 9.17) is 0 Å². The van der Waals surface area contributed by atoms with Crippen molar-refractivity contribution in [3.63, 3.8) is 0 Å². The predicted molar refractivity (Wildman–Crippen MR) is 118 cm³/mol. The average molecular weight is 512 g/mol. The molecule has 3 rings (SSSR count). The first-order chi connectivity index (χ1) is 13.8. The molecule has 2 N–H and O–H groups in total. The minimum absolute atomic E-state index is 0.0831. The molecule has 8 heteroatoms. The molecular weight excluding hydrogens is 492 g/mol. The lowest BCUT2D eigenvalue weighted by Crippen LogP contribution is -2.12. The number of benzene rings is 2. The van der Waals surface area contributed by atoms with Gasteiger partial charge in [-0.15, -0.1) is 0 Å². The summed E-state index contributed by atoms with van der Waals surface area (Å²) in [5.74, 6) is 0.101. The van der Waals surface area contributed by atoms with Crippen LogP contribution in [0.15, 0.2) is 54.7 Å². The monoisotopic (exact) mass is 512 g/mol. The Bertz CT molecular complexity index is 974. The molecule has 2 aromatic carbocycles. The maximum atomic E-state index is 13.5. The summed E-state index contributed by atoms with van der Waals surface area (Å²) in [6.07, 6.45) is -2.84. The molecule has 1 aromatic heterocycles. The minimum atomic E-state index is -4.57. The third-order valence-electron chi connectivity index (χ3n) is 4.53. The predicted octanol–water partition coefficient (Wildman–Crippen LogP) is 7.10. The maximum absolute atomic E-state index is 13.5. The second kappa shape index (κ2) is 8.98. The fourth-order valence-corrected chi connectivity index (χ4v) is 3.06. The number of nitrogens with zero attached hydrogens (tertiary/aromatic N) is 2. The van der Waals surface area contributed by atoms with Crippen molar-refractivity contribution in [3.8, 4) is 0 Å². The molecule has 1 unspecified atom stereocenters. The number of rotatable bonds is 6. The molecule has 0 radical (unpaired) electrons. The zero-order chi connectivity index (χ0) is 21.0. The first-order valence-corrected chi connectivity index (χ1v) is 10.2. The Morgan fingerprint density at radius 3 is 2.41 bits per heavy atom. The van der Waals surface area contributed by atoms with Crippen LogP contribution in [0.25, 0.3) is 0 Å². The number of alkyl halides is 3. The number of aromatic nitrogens is 2. The Morgan fingerprint density at radius 2 is 1.76 bits per heavy atom. The highest BCUT2D eigenvalue weighted by Gasteiger charge is 2.35. The normalized spacial score (nSPS) is 12.5. The van der Waals surface area contributed by atoms with Gasteiger partial charge < -0.3 is 10.6 Å². The molecule has 152 valence electrons. The van der Waals surface area contributed by atoms with E-state index in [0.29, 0.717) is 17.3 Å². The van der Waals surface area contributed by atoms with Gasteiger partial charge in [-0.05, 0) is 76.9 Å². The van der Waals surface area contributed by atoms with Crippen LogP contribution >= 0.6 is 22.6 Å². The van der Waals surface area contributed by atoms with Gasteiger partial charge in [0, 0.05) is 21.1 Å². The molecule has 29 heavy (non-hydrogen) atoms. The second-order valence-corrected chi connectivity index (χ2v) is 7.89. The fourth-order valence-electron chi connectivity index (χ4n) is 2.70. The lowest BCUT2D eigenvalue weighted by Gasteiger charge is -2.16. The van der Waals surface area contributed by atoms with Crippen molar-refractivity contribution in [3.05, 3.63) is 69.4 Å². The van der Waals surface area contributed by atoms with Crippen LogP contribution in [0.1, 0.15) is 37.3 Å². The van der Waals surface area contributed by atoms with Gasteiger partial charge in [-0.1, -0.05) is 26.0 Å². The summed E-state index contributed by atoms with van der Waals surface area (Å²) in [6, 6.07) is 14.7. The van der Waals surface area contributed by atoms with E-state index in [2.05, 4.69) is 57.0 Å². The maximum Gasteiger partial charge on any atom is 0.421 e. The number of nitrogens with one attached hydrogen (secondary N) is 2. The smallest absolute Gasteiger partial charge is 0.340 e. The molecule has 1 atom stereocenters. The van der Waals surface area contributed by atoms with Crippen molar-refractivity contribution in [1.29, 1.82) is 0 Å². The summed E-state index contributed by atoms with van der Waals surface area (Å²) >= 11 is 2.17. The van der Waals surface area contributed by atoms with Gasteiger partial charge in [-0.3, -0.25) is 0 Å². The molecule has 0 aliphatic heterocycles. The van der Waals surface area contributed by atoms with E-state index >= 15 is 0 Å². The highest BCUT2D eigenvalue weighted by molar-refractivity contribution is 14.1. The van der Waals surface area contributed by atoms with Crippen LogP contribution < -0.4 is 10.6 Å². The summed E-state index contributed by atoms with van der Waals surface area (Å²) < 4.78 is 41.5. The quantitative estimate of drug-likeness (QED) is 0.346. The third-order valence-corrected chi connectivity index (χ3v) is 5.24. The second-order valence-electron chi connectivity index (χ2n) is 6.65. The Kier molecular flexibility index (Phi) is 6.61. The lowest BCUT2D eigenvalue weighted by molar-refractivity contribution is -0.137. The van der Waals surface area contributed by atoms with Gasteiger partial charge >= 0.3 is 6.18 Å². The van der Waals surface area contributed by atoms with E-state index in [1.807, 2.05) is 42.5 Å². The van der Waals surface area contributed by atoms with E-state index in [0.717, 1.165) is 21.8 Å². The third kappa shape index (κ3) is 5.59. The number of hydrogen-bond acceptors (Lipinski definition) is 4. The van der Waals surface area contributed by atoms with Crippen LogP contribution in [-0.4, -0.2) is 9.97 Å². The molecule has 0 aliphatic carbocycles. The van der Waals surface area contributed by atoms with Crippen LogP contribution in [0, 0.1) is 3.57 Å². The Labute approximate surface area is 181 Å². The molecule has 0 fully saturated rings. The van der Waals surface area contributed by atoms with Crippen molar-refractivity contribution in [1.82, 2.24) is 9.97 Å². The Balaban J connectivity index is 1.93. The summed E-state index contributed by atoms with van der Waals surface area (Å²) in [4.78, 5) is 7.93. The van der Waals surface area contributed by atoms with Crippen molar-refractivity contribution in [2.24, 2.45) is 0 Å². The van der Waals surface area contributed by atoms with Gasteiger partial charge in [-0.25, -0.2) is 4.98 Å². The Hall–Kier alpha value is -2.36. The molecule has 0 aliphatic rings. The molecule has 0 spiro atoms. The SMILES string of the molecule is CCC(C)c1cccc(Nc2nc(Nc3ccc(I)cc3)ncc2C(F)(F)F)c1. The van der Waals surface area contributed by atoms with E-state index < -0.39 is 11.7 Å². The lowest BCUT2D eigenvalue weighted by atomic mass is 9.98. The van der Waals surface area contributed by atoms with Gasteiger partial charge in [-0.2, -0.15) is 18.2 Å². The molecule has 1 heterocycles. The summed E-state index contributed by atoms with van der Waals surface area (Å²) in [5, 5.41) is 5.76. The van der Waals surface area contributed by atoms with Gasteiger partial charge in [0.2, 0.25) is 5.95 Å². The molecule has 0 bridgehead atoms. The fraction of sp³-hybridized carbons (Fsp3) is 0.238. The zero-order valence-corrected chi connectivity index (χ0v) is 18.0. The van der Waals surface area contributed by atoms with Crippen LogP contribution in [0.4, 0.5) is 36.3 Å². The summed E-state index contributed by atoms with van der Waals surface area (Å²) in [7, 11) is 0. The van der Waals surface area contributed by atoms with Gasteiger partial charge in [0.05, 0.1) is 0 Å². The molecule has 3 aromatic rings. The zero-order valence-electron chi connectivity index (χ0n) is 15.9. The highest BCUT2D eigenvalue weighted by Crippen LogP contribution is 2.35. The standard InChI is InChI=1S/C21H20F3IN4/c1-3-13(2)14-5-4-6-17(11-14)27-19-18(21(22,23)24)12-26-20(29-19)28-16-9-7-15(25)8-10-16/h4-13H,3H2,1-2H3,(H2,26,27,28,29). The van der Waals surface area contributed by atoms with Gasteiger partial charge in [0.15, 0.2) is 0 Å². The number of hydrogen-bond donors (Lipinski definition) is 2. The number of anilines is 4. The molecule has 0 amide bonds. The van der Waals surface area contributed by atoms with E-state index in [1.54, 1.807) is 6.07 Å². The van der Waals surface area contributed by atoms with Crippen LogP contribution in [0.5, 0.6) is 0 Å². The first kappa shape index (κ1) is 21.4. The van der Waals surface area contributed by atoms with E-state index in [9.17, 15) is 13.2 Å². The molecular formula is C21H20F3IN4. The molecule has 4 nitrogen and oxygen atoms in total. The molecule has 0 saturated heterocycles. The van der Waals surface area contributed by atoms with Crippen LogP contribution in [0.2, 0.25) is 0 Å². The van der Waals surface area contributed by atoms with Crippen molar-refractivity contribution >= 4 is 45.7 Å². The van der Waals surface area contributed by atoms with E-state index in [1.165, 1.54) is 0 Å². The summed E-state index contributed by atoms with van der Waals surface area (Å²) in [5.41, 5.74) is 1.37. The Morgan fingerprint density at radius 1 is 1.03 bits per heavy atom. The van der Waals surface area contributed by atoms with Crippen molar-refractivity contribution in [2.75, 3.05) is 10.6 Å². The van der Waals surface area contributed by atoms with E-state index in [-0.39, 0.29) is 11.8 Å². The van der Waals surface area contributed by atoms with Crippen molar-refractivity contribution < 1.29 is 13.2 Å². The highest BCUT2D eigenvalue weighted by atomic mass is 127. The average Bonchev–Trinajstić information content (AvgIpc) is 2.68. The van der Waals surface area contributed by atoms with Gasteiger partial charge in [0.25, 0.3) is 0 Å². The molecule has 0 saturated carbocycles. The number of halogens is 4.